The smallest absolute Gasteiger partial charge is 0.0729 e. The van der Waals surface area contributed by atoms with Crippen molar-refractivity contribution >= 4 is 37.6 Å². The van der Waals surface area contributed by atoms with E-state index >= 15 is 0 Å². The number of nitrogens with one attached hydrogen (secondary N) is 1. The molecule has 0 aliphatic rings. The van der Waals surface area contributed by atoms with E-state index in [0.717, 1.165) is 15.4 Å². The molecular weight excluding hydrogens is 240 g/mol. The highest BCUT2D eigenvalue weighted by Crippen LogP contribution is 2.30. The van der Waals surface area contributed by atoms with E-state index in [2.05, 4.69) is 44.3 Å². The Morgan fingerprint density at radius 1 is 1.14 bits per heavy atom. The predicted molar refractivity (Wildman–Crippen MR) is 61.3 cm³/mol. The molecule has 0 saturated carbocycles. The standard InChI is InChI=1S/C11H7BrN2/c12-10-5-7-6-13-14-11(7)9-4-2-1-3-8(9)10/h1-6H,(H,13,14). The molecular formula is C11H7BrN2. The number of benzene rings is 2. The SMILES string of the molecule is Brc1cc2cn[nH]c2c2ccccc12. The number of aromatic nitrogens is 2. The van der Waals surface area contributed by atoms with E-state index in [4.69, 9.17) is 0 Å². The number of hydrogen-bond acceptors (Lipinski definition) is 1. The minimum absolute atomic E-state index is 1.10. The summed E-state index contributed by atoms with van der Waals surface area (Å²) in [5.41, 5.74) is 1.10. The van der Waals surface area contributed by atoms with Crippen LogP contribution in [-0.4, -0.2) is 10.2 Å². The summed E-state index contributed by atoms with van der Waals surface area (Å²) in [7, 11) is 0. The van der Waals surface area contributed by atoms with Crippen LogP contribution >= 0.6 is 15.9 Å². The highest BCUT2D eigenvalue weighted by atomic mass is 79.9. The molecule has 3 aromatic rings. The summed E-state index contributed by atoms with van der Waals surface area (Å²) >= 11 is 3.56. The van der Waals surface area contributed by atoms with Gasteiger partial charge in [0.1, 0.15) is 0 Å². The van der Waals surface area contributed by atoms with E-state index in [9.17, 15) is 0 Å². The molecule has 1 heterocycles. The van der Waals surface area contributed by atoms with Gasteiger partial charge < -0.3 is 0 Å². The summed E-state index contributed by atoms with van der Waals surface area (Å²) in [5, 5.41) is 10.6. The highest BCUT2D eigenvalue weighted by molar-refractivity contribution is 9.10. The number of halogens is 1. The molecule has 3 heteroatoms. The van der Waals surface area contributed by atoms with Gasteiger partial charge in [0, 0.05) is 15.2 Å². The number of H-pyrrole nitrogens is 1. The number of hydrogen-bond donors (Lipinski definition) is 1. The van der Waals surface area contributed by atoms with Crippen molar-refractivity contribution < 1.29 is 0 Å². The summed E-state index contributed by atoms with van der Waals surface area (Å²) in [6.45, 7) is 0. The van der Waals surface area contributed by atoms with Crippen molar-refractivity contribution in [3.63, 3.8) is 0 Å². The molecule has 2 nitrogen and oxygen atoms in total. The molecule has 0 amide bonds. The monoisotopic (exact) mass is 246 g/mol. The lowest BCUT2D eigenvalue weighted by Gasteiger charge is -2.01. The molecule has 0 bridgehead atoms. The first-order valence-electron chi connectivity index (χ1n) is 4.36. The summed E-state index contributed by atoms with van der Waals surface area (Å²) < 4.78 is 1.11. The minimum atomic E-state index is 1.10. The van der Waals surface area contributed by atoms with Gasteiger partial charge in [0.2, 0.25) is 0 Å². The first kappa shape index (κ1) is 8.00. The van der Waals surface area contributed by atoms with Gasteiger partial charge >= 0.3 is 0 Å². The molecule has 0 aliphatic carbocycles. The number of fused-ring (bicyclic) bond motifs is 3. The van der Waals surface area contributed by atoms with Crippen LogP contribution in [0.1, 0.15) is 0 Å². The lowest BCUT2D eigenvalue weighted by Crippen LogP contribution is -1.77. The Morgan fingerprint density at radius 3 is 2.79 bits per heavy atom. The normalized spacial score (nSPS) is 11.2. The summed E-state index contributed by atoms with van der Waals surface area (Å²) in [6, 6.07) is 10.4. The van der Waals surface area contributed by atoms with Gasteiger partial charge in [-0.05, 0) is 11.5 Å². The van der Waals surface area contributed by atoms with Crippen LogP contribution < -0.4 is 0 Å². The third-order valence-corrected chi connectivity index (χ3v) is 3.06. The zero-order valence-electron chi connectivity index (χ0n) is 7.29. The van der Waals surface area contributed by atoms with Crippen molar-refractivity contribution in [2.45, 2.75) is 0 Å². The Balaban J connectivity index is 2.67. The van der Waals surface area contributed by atoms with Crippen molar-refractivity contribution in [2.24, 2.45) is 0 Å². The van der Waals surface area contributed by atoms with Crippen LogP contribution in [-0.2, 0) is 0 Å². The first-order chi connectivity index (χ1) is 6.86. The Bertz CT molecular complexity index is 613. The maximum Gasteiger partial charge on any atom is 0.0729 e. The Morgan fingerprint density at radius 2 is 1.93 bits per heavy atom. The second-order valence-electron chi connectivity index (χ2n) is 3.24. The lowest BCUT2D eigenvalue weighted by atomic mass is 10.1. The van der Waals surface area contributed by atoms with Crippen LogP contribution in [0.25, 0.3) is 21.7 Å². The van der Waals surface area contributed by atoms with Crippen LogP contribution in [0.3, 0.4) is 0 Å². The Kier molecular flexibility index (Phi) is 1.61. The first-order valence-corrected chi connectivity index (χ1v) is 5.16. The molecule has 2 aromatic carbocycles. The number of nitrogens with zero attached hydrogens (tertiary/aromatic N) is 1. The Labute approximate surface area is 89.1 Å². The third-order valence-electron chi connectivity index (χ3n) is 2.40. The molecule has 0 radical (unpaired) electrons. The van der Waals surface area contributed by atoms with Gasteiger partial charge in [-0.1, -0.05) is 40.2 Å². The fourth-order valence-corrected chi connectivity index (χ4v) is 2.34. The molecule has 68 valence electrons. The maximum absolute atomic E-state index is 4.05. The van der Waals surface area contributed by atoms with Gasteiger partial charge in [-0.3, -0.25) is 5.10 Å². The van der Waals surface area contributed by atoms with E-state index in [1.165, 1.54) is 10.8 Å². The molecule has 0 atom stereocenters. The Hall–Kier alpha value is -1.35. The largest absolute Gasteiger partial charge is 0.277 e. The quantitative estimate of drug-likeness (QED) is 0.647. The summed E-state index contributed by atoms with van der Waals surface area (Å²) in [5.74, 6) is 0. The molecule has 0 aliphatic heterocycles. The van der Waals surface area contributed by atoms with E-state index in [1.807, 2.05) is 18.3 Å². The highest BCUT2D eigenvalue weighted by Gasteiger charge is 2.04. The van der Waals surface area contributed by atoms with Gasteiger partial charge in [-0.25, -0.2) is 0 Å². The van der Waals surface area contributed by atoms with Crippen LogP contribution in [0.15, 0.2) is 41.0 Å². The third kappa shape index (κ3) is 0.990. The fourth-order valence-electron chi connectivity index (χ4n) is 1.74. The van der Waals surface area contributed by atoms with E-state index < -0.39 is 0 Å². The van der Waals surface area contributed by atoms with Gasteiger partial charge in [-0.2, -0.15) is 5.10 Å². The number of rotatable bonds is 0. The predicted octanol–water partition coefficient (Wildman–Crippen LogP) is 3.48. The van der Waals surface area contributed by atoms with Crippen molar-refractivity contribution in [1.82, 2.24) is 10.2 Å². The van der Waals surface area contributed by atoms with E-state index in [-0.39, 0.29) is 0 Å². The van der Waals surface area contributed by atoms with E-state index in [1.54, 1.807) is 0 Å². The van der Waals surface area contributed by atoms with Gasteiger partial charge in [0.25, 0.3) is 0 Å². The molecule has 14 heavy (non-hydrogen) atoms. The van der Waals surface area contributed by atoms with Gasteiger partial charge in [0.05, 0.1) is 11.7 Å². The second-order valence-corrected chi connectivity index (χ2v) is 4.09. The average molecular weight is 247 g/mol. The topological polar surface area (TPSA) is 28.7 Å². The second kappa shape index (κ2) is 2.82. The van der Waals surface area contributed by atoms with E-state index in [0.29, 0.717) is 0 Å². The molecule has 3 rings (SSSR count). The number of aromatic amines is 1. The lowest BCUT2D eigenvalue weighted by molar-refractivity contribution is 1.12. The van der Waals surface area contributed by atoms with Crippen molar-refractivity contribution in [1.29, 1.82) is 0 Å². The minimum Gasteiger partial charge on any atom is -0.277 e. The zero-order valence-corrected chi connectivity index (χ0v) is 8.88. The summed E-state index contributed by atoms with van der Waals surface area (Å²) in [6.07, 6.45) is 1.84. The van der Waals surface area contributed by atoms with Crippen LogP contribution in [0.5, 0.6) is 0 Å². The summed E-state index contributed by atoms with van der Waals surface area (Å²) in [4.78, 5) is 0. The van der Waals surface area contributed by atoms with Crippen molar-refractivity contribution in [3.05, 3.63) is 41.0 Å². The molecule has 0 spiro atoms. The van der Waals surface area contributed by atoms with Gasteiger partial charge in [-0.15, -0.1) is 0 Å². The fraction of sp³-hybridized carbons (Fsp3) is 0. The van der Waals surface area contributed by atoms with Crippen LogP contribution in [0.4, 0.5) is 0 Å². The van der Waals surface area contributed by atoms with Crippen molar-refractivity contribution in [3.8, 4) is 0 Å². The molecule has 0 fully saturated rings. The van der Waals surface area contributed by atoms with Crippen LogP contribution in [0.2, 0.25) is 0 Å². The van der Waals surface area contributed by atoms with Crippen LogP contribution in [0, 0.1) is 0 Å². The molecule has 1 aromatic heterocycles. The average Bonchev–Trinajstić information content (AvgIpc) is 2.66. The van der Waals surface area contributed by atoms with Crippen molar-refractivity contribution in [2.75, 3.05) is 0 Å². The molecule has 0 saturated heterocycles. The maximum atomic E-state index is 4.05. The zero-order chi connectivity index (χ0) is 9.54. The van der Waals surface area contributed by atoms with Gasteiger partial charge in [0.15, 0.2) is 0 Å². The molecule has 1 N–H and O–H groups in total. The molecule has 0 unspecified atom stereocenters.